The van der Waals surface area contributed by atoms with Crippen molar-refractivity contribution in [3.8, 4) is 16.9 Å². The molecule has 1 atom stereocenters. The van der Waals surface area contributed by atoms with E-state index < -0.39 is 23.9 Å². The summed E-state index contributed by atoms with van der Waals surface area (Å²) in [6.07, 6.45) is 1.53. The summed E-state index contributed by atoms with van der Waals surface area (Å²) in [5.41, 5.74) is 7.47. The molecular weight excluding hydrogens is 599 g/mol. The van der Waals surface area contributed by atoms with Gasteiger partial charge in [0, 0.05) is 18.7 Å². The Labute approximate surface area is 274 Å². The van der Waals surface area contributed by atoms with Crippen LogP contribution in [0.1, 0.15) is 59.5 Å². The number of carboxylic acid groups (broad SMARTS) is 1. The molecule has 8 nitrogen and oxygen atoms in total. The van der Waals surface area contributed by atoms with Gasteiger partial charge in [-0.15, -0.1) is 0 Å². The van der Waals surface area contributed by atoms with Gasteiger partial charge in [-0.1, -0.05) is 54.6 Å². The molecule has 2 amide bonds. The number of nitrogens with one attached hydrogen (secondary N) is 1. The summed E-state index contributed by atoms with van der Waals surface area (Å²) >= 11 is 0. The molecule has 0 fully saturated rings. The summed E-state index contributed by atoms with van der Waals surface area (Å²) in [4.78, 5) is 39.3. The number of nitrogens with zero attached hydrogens (tertiary/aromatic N) is 1. The maximum absolute atomic E-state index is 13.4. The van der Waals surface area contributed by atoms with Crippen LogP contribution in [0.5, 0.6) is 5.75 Å². The Bertz CT molecular complexity index is 1740. The largest absolute Gasteiger partial charge is 0.493 e. The van der Waals surface area contributed by atoms with E-state index in [9.17, 15) is 23.9 Å². The highest BCUT2D eigenvalue weighted by molar-refractivity contribution is 5.96. The van der Waals surface area contributed by atoms with E-state index in [-0.39, 0.29) is 18.9 Å². The first kappa shape index (κ1) is 33.2. The Kier molecular flexibility index (Phi) is 10.9. The van der Waals surface area contributed by atoms with Crippen molar-refractivity contribution in [2.24, 2.45) is 0 Å². The van der Waals surface area contributed by atoms with Crippen molar-refractivity contribution in [1.29, 1.82) is 0 Å². The van der Waals surface area contributed by atoms with Gasteiger partial charge in [-0.25, -0.2) is 9.18 Å². The molecule has 0 spiro atoms. The van der Waals surface area contributed by atoms with Crippen LogP contribution in [0.25, 0.3) is 11.1 Å². The van der Waals surface area contributed by atoms with Crippen LogP contribution >= 0.6 is 0 Å². The van der Waals surface area contributed by atoms with Crippen LogP contribution in [0.4, 0.5) is 14.9 Å². The number of carboxylic acids is 1. The zero-order chi connectivity index (χ0) is 33.3. The van der Waals surface area contributed by atoms with Gasteiger partial charge in [0.1, 0.15) is 18.2 Å². The fourth-order valence-corrected chi connectivity index (χ4v) is 5.86. The van der Waals surface area contributed by atoms with E-state index in [0.29, 0.717) is 31.6 Å². The number of halogens is 1. The first-order chi connectivity index (χ1) is 22.7. The first-order valence-corrected chi connectivity index (χ1v) is 15.8. The predicted octanol–water partition coefficient (Wildman–Crippen LogP) is 7.69. The lowest BCUT2D eigenvalue weighted by Crippen LogP contribution is -2.35. The highest BCUT2D eigenvalue weighted by Gasteiger charge is 2.25. The first-order valence-electron chi connectivity index (χ1n) is 15.8. The van der Waals surface area contributed by atoms with E-state index in [1.165, 1.54) is 29.8 Å². The molecule has 4 aromatic carbocycles. The fraction of sp³-hybridized carbons (Fsp3) is 0.289. The molecule has 0 radical (unpaired) electrons. The van der Waals surface area contributed by atoms with Gasteiger partial charge in [0.15, 0.2) is 0 Å². The standard InChI is InChI=1S/C38H39FN2O6/c1-25-8-3-14-35(26(25)2)46-21-7-15-36(42)41-20-6-12-32-31(11-5-13-34(32)41)29-10-4-9-27(22-29)24-47-38(45)40-33(23-37(43)44)28-16-18-30(39)19-17-28/h3-5,8-11,13-14,16-19,22,33H,6-7,12,15,20-21,23-24H2,1-2H3,(H,40,45)(H,43,44). The van der Waals surface area contributed by atoms with Gasteiger partial charge in [0.25, 0.3) is 0 Å². The number of fused-ring (bicyclic) bond motifs is 1. The maximum atomic E-state index is 13.4. The normalized spacial score (nSPS) is 13.0. The Morgan fingerprint density at radius 2 is 1.74 bits per heavy atom. The van der Waals surface area contributed by atoms with E-state index in [1.54, 1.807) is 0 Å². The van der Waals surface area contributed by atoms with E-state index in [2.05, 4.69) is 18.3 Å². The third-order valence-corrected chi connectivity index (χ3v) is 8.45. The molecule has 244 valence electrons. The number of anilines is 1. The van der Waals surface area contributed by atoms with Crippen molar-refractivity contribution in [3.05, 3.63) is 119 Å². The number of aryl methyl sites for hydroxylation is 1. The van der Waals surface area contributed by atoms with Crippen LogP contribution < -0.4 is 15.0 Å². The number of benzene rings is 4. The van der Waals surface area contributed by atoms with Crippen molar-refractivity contribution >= 4 is 23.7 Å². The van der Waals surface area contributed by atoms with Crippen molar-refractivity contribution < 1.29 is 33.4 Å². The van der Waals surface area contributed by atoms with Crippen molar-refractivity contribution in [3.63, 3.8) is 0 Å². The molecule has 1 aliphatic heterocycles. The Balaban J connectivity index is 1.21. The van der Waals surface area contributed by atoms with Crippen molar-refractivity contribution in [1.82, 2.24) is 5.32 Å². The lowest BCUT2D eigenvalue weighted by atomic mass is 9.91. The average molecular weight is 639 g/mol. The quantitative estimate of drug-likeness (QED) is 0.154. The number of ether oxygens (including phenoxy) is 2. The van der Waals surface area contributed by atoms with E-state index in [1.807, 2.05) is 66.4 Å². The zero-order valence-corrected chi connectivity index (χ0v) is 26.6. The predicted molar refractivity (Wildman–Crippen MR) is 178 cm³/mol. The number of hydrogen-bond acceptors (Lipinski definition) is 5. The van der Waals surface area contributed by atoms with Crippen LogP contribution in [0, 0.1) is 19.7 Å². The van der Waals surface area contributed by atoms with Crippen LogP contribution in [-0.2, 0) is 27.4 Å². The van der Waals surface area contributed by atoms with Gasteiger partial charge in [-0.05, 0) is 102 Å². The Hall–Kier alpha value is -5.18. The van der Waals surface area contributed by atoms with Crippen LogP contribution in [0.2, 0.25) is 0 Å². The van der Waals surface area contributed by atoms with Gasteiger partial charge in [0.05, 0.1) is 19.1 Å². The van der Waals surface area contributed by atoms with E-state index >= 15 is 0 Å². The van der Waals surface area contributed by atoms with E-state index in [4.69, 9.17) is 9.47 Å². The molecular formula is C38H39FN2O6. The minimum Gasteiger partial charge on any atom is -0.493 e. The molecule has 47 heavy (non-hydrogen) atoms. The number of alkyl carbamates (subject to hydrolysis) is 1. The van der Waals surface area contributed by atoms with E-state index in [0.717, 1.165) is 52.1 Å². The van der Waals surface area contributed by atoms with Gasteiger partial charge in [-0.2, -0.15) is 0 Å². The Morgan fingerprint density at radius 3 is 2.53 bits per heavy atom. The molecule has 0 bridgehead atoms. The molecule has 0 saturated heterocycles. The summed E-state index contributed by atoms with van der Waals surface area (Å²) in [7, 11) is 0. The monoisotopic (exact) mass is 638 g/mol. The minimum atomic E-state index is -1.11. The van der Waals surface area contributed by atoms with Gasteiger partial charge in [0.2, 0.25) is 5.91 Å². The lowest BCUT2D eigenvalue weighted by Gasteiger charge is -2.31. The van der Waals surface area contributed by atoms with Crippen molar-refractivity contribution in [2.45, 2.75) is 58.6 Å². The summed E-state index contributed by atoms with van der Waals surface area (Å²) in [6.45, 7) is 5.19. The number of aliphatic carboxylic acids is 1. The molecule has 5 rings (SSSR count). The second-order valence-corrected chi connectivity index (χ2v) is 11.7. The topological polar surface area (TPSA) is 105 Å². The SMILES string of the molecule is Cc1cccc(OCCCC(=O)N2CCCc3c(-c4cccc(COC(=O)NC(CC(=O)O)c5ccc(F)cc5)c4)cccc32)c1C. The summed E-state index contributed by atoms with van der Waals surface area (Å²) in [5, 5.41) is 11.9. The van der Waals surface area contributed by atoms with Crippen molar-refractivity contribution in [2.75, 3.05) is 18.1 Å². The molecule has 0 aliphatic carbocycles. The van der Waals surface area contributed by atoms with Crippen LogP contribution in [0.3, 0.4) is 0 Å². The molecule has 1 unspecified atom stereocenters. The molecule has 4 aromatic rings. The fourth-order valence-electron chi connectivity index (χ4n) is 5.86. The minimum absolute atomic E-state index is 0.0351. The maximum Gasteiger partial charge on any atom is 0.407 e. The number of carbonyl (C=O) groups excluding carboxylic acids is 2. The van der Waals surface area contributed by atoms with Gasteiger partial charge < -0.3 is 24.8 Å². The summed E-state index contributed by atoms with van der Waals surface area (Å²) in [5.74, 6) is -0.645. The smallest absolute Gasteiger partial charge is 0.407 e. The molecule has 2 N–H and O–H groups in total. The lowest BCUT2D eigenvalue weighted by molar-refractivity contribution is -0.137. The molecule has 1 heterocycles. The third kappa shape index (κ3) is 8.55. The number of hydrogen-bond donors (Lipinski definition) is 2. The Morgan fingerprint density at radius 1 is 0.979 bits per heavy atom. The molecule has 9 heteroatoms. The second-order valence-electron chi connectivity index (χ2n) is 11.7. The second kappa shape index (κ2) is 15.4. The van der Waals surface area contributed by atoms with Crippen LogP contribution in [0.15, 0.2) is 84.9 Å². The van der Waals surface area contributed by atoms with Gasteiger partial charge in [-0.3, -0.25) is 9.59 Å². The molecule has 0 aromatic heterocycles. The average Bonchev–Trinajstić information content (AvgIpc) is 3.07. The third-order valence-electron chi connectivity index (χ3n) is 8.45. The number of amides is 2. The number of rotatable bonds is 12. The summed E-state index contributed by atoms with van der Waals surface area (Å²) < 4.78 is 24.8. The highest BCUT2D eigenvalue weighted by atomic mass is 19.1. The highest BCUT2D eigenvalue weighted by Crippen LogP contribution is 2.36. The van der Waals surface area contributed by atoms with Gasteiger partial charge >= 0.3 is 12.1 Å². The van der Waals surface area contributed by atoms with Crippen LogP contribution in [-0.4, -0.2) is 36.2 Å². The molecule has 0 saturated carbocycles. The molecule has 1 aliphatic rings. The zero-order valence-electron chi connectivity index (χ0n) is 26.6. The summed E-state index contributed by atoms with van der Waals surface area (Å²) in [6, 6.07) is 24.1. The number of carbonyl (C=O) groups is 3.